The highest BCUT2D eigenvalue weighted by atomic mass is 16.3. The molecule has 0 aromatic heterocycles. The minimum Gasteiger partial charge on any atom is -0.389 e. The van der Waals surface area contributed by atoms with Crippen molar-refractivity contribution in [3.63, 3.8) is 0 Å². The maximum Gasteiger partial charge on any atom is 0.298 e. The summed E-state index contributed by atoms with van der Waals surface area (Å²) in [6.07, 6.45) is 0.689. The highest BCUT2D eigenvalue weighted by Gasteiger charge is 2.23. The second-order valence-electron chi connectivity index (χ2n) is 4.16. The smallest absolute Gasteiger partial charge is 0.298 e. The SMILES string of the molecule is CC#CC(=O)N(C)CC(O)CN1CCCC1=O. The van der Waals surface area contributed by atoms with Crippen LogP contribution in [0.2, 0.25) is 0 Å². The molecule has 0 spiro atoms. The largest absolute Gasteiger partial charge is 0.389 e. The van der Waals surface area contributed by atoms with Gasteiger partial charge in [0.2, 0.25) is 5.91 Å². The first-order chi connectivity index (χ1) is 8.04. The van der Waals surface area contributed by atoms with Crippen LogP contribution in [0.5, 0.6) is 0 Å². The molecule has 2 amide bonds. The third-order valence-electron chi connectivity index (χ3n) is 2.67. The molecule has 0 aromatic rings. The first-order valence-electron chi connectivity index (χ1n) is 5.68. The second-order valence-corrected chi connectivity index (χ2v) is 4.16. The highest BCUT2D eigenvalue weighted by Crippen LogP contribution is 2.10. The van der Waals surface area contributed by atoms with Crippen LogP contribution < -0.4 is 0 Å². The summed E-state index contributed by atoms with van der Waals surface area (Å²) in [6.45, 7) is 2.76. The topological polar surface area (TPSA) is 60.9 Å². The first-order valence-corrected chi connectivity index (χ1v) is 5.68. The summed E-state index contributed by atoms with van der Waals surface area (Å²) in [4.78, 5) is 25.7. The van der Waals surface area contributed by atoms with Gasteiger partial charge >= 0.3 is 0 Å². The number of nitrogens with zero attached hydrogens (tertiary/aromatic N) is 2. The Labute approximate surface area is 101 Å². The van der Waals surface area contributed by atoms with Gasteiger partial charge in [0.1, 0.15) is 0 Å². The van der Waals surface area contributed by atoms with Gasteiger partial charge in [-0.3, -0.25) is 9.59 Å². The summed E-state index contributed by atoms with van der Waals surface area (Å²) >= 11 is 0. The van der Waals surface area contributed by atoms with Crippen molar-refractivity contribution in [2.75, 3.05) is 26.7 Å². The normalized spacial score (nSPS) is 16.4. The molecule has 5 heteroatoms. The zero-order valence-corrected chi connectivity index (χ0v) is 10.3. The van der Waals surface area contributed by atoms with E-state index in [0.29, 0.717) is 13.0 Å². The number of likely N-dealkylation sites (N-methyl/N-ethyl adjacent to an activating group) is 1. The monoisotopic (exact) mass is 238 g/mol. The quantitative estimate of drug-likeness (QED) is 0.669. The van der Waals surface area contributed by atoms with E-state index in [9.17, 15) is 14.7 Å². The van der Waals surface area contributed by atoms with Gasteiger partial charge in [0, 0.05) is 33.1 Å². The van der Waals surface area contributed by atoms with Crippen molar-refractivity contribution in [1.29, 1.82) is 0 Å². The minimum atomic E-state index is -0.718. The van der Waals surface area contributed by atoms with Crippen LogP contribution in [0.4, 0.5) is 0 Å². The molecule has 0 bridgehead atoms. The van der Waals surface area contributed by atoms with Crippen molar-refractivity contribution in [3.8, 4) is 11.8 Å². The van der Waals surface area contributed by atoms with Crippen LogP contribution in [0, 0.1) is 11.8 Å². The molecule has 0 aliphatic carbocycles. The van der Waals surface area contributed by atoms with Gasteiger partial charge < -0.3 is 14.9 Å². The highest BCUT2D eigenvalue weighted by molar-refractivity contribution is 5.93. The molecule has 1 aliphatic heterocycles. The van der Waals surface area contributed by atoms with Crippen LogP contribution in [0.3, 0.4) is 0 Å². The number of carbonyl (C=O) groups excluding carboxylic acids is 2. The van der Waals surface area contributed by atoms with Crippen LogP contribution in [-0.2, 0) is 9.59 Å². The molecule has 1 saturated heterocycles. The number of aliphatic hydroxyl groups is 1. The van der Waals surface area contributed by atoms with E-state index in [4.69, 9.17) is 0 Å². The maximum atomic E-state index is 11.3. The predicted octanol–water partition coefficient (Wildman–Crippen LogP) is -0.549. The molecule has 5 nitrogen and oxygen atoms in total. The Bertz CT molecular complexity index is 356. The summed E-state index contributed by atoms with van der Waals surface area (Å²) in [6, 6.07) is 0. The summed E-state index contributed by atoms with van der Waals surface area (Å²) in [7, 11) is 1.59. The number of hydrogen-bond acceptors (Lipinski definition) is 3. The molecule has 1 atom stereocenters. The molecule has 1 heterocycles. The third-order valence-corrected chi connectivity index (χ3v) is 2.67. The second kappa shape index (κ2) is 6.26. The molecular formula is C12H18N2O3. The Morgan fingerprint density at radius 3 is 2.88 bits per heavy atom. The van der Waals surface area contributed by atoms with Crippen LogP contribution in [0.1, 0.15) is 19.8 Å². The number of likely N-dealkylation sites (tertiary alicyclic amines) is 1. The standard InChI is InChI=1S/C12H18N2O3/c1-3-5-11(16)13(2)8-10(15)9-14-7-4-6-12(14)17/h10,15H,4,6-9H2,1-2H3. The summed E-state index contributed by atoms with van der Waals surface area (Å²) in [5.74, 6) is 4.67. The molecule has 1 aliphatic rings. The van der Waals surface area contributed by atoms with Crippen molar-refractivity contribution >= 4 is 11.8 Å². The predicted molar refractivity (Wildman–Crippen MR) is 62.9 cm³/mol. The van der Waals surface area contributed by atoms with E-state index in [0.717, 1.165) is 6.42 Å². The lowest BCUT2D eigenvalue weighted by Crippen LogP contribution is -2.41. The Kier molecular flexibility index (Phi) is 4.98. The van der Waals surface area contributed by atoms with E-state index in [2.05, 4.69) is 11.8 Å². The number of hydrogen-bond donors (Lipinski definition) is 1. The zero-order valence-electron chi connectivity index (χ0n) is 10.3. The van der Waals surface area contributed by atoms with E-state index in [1.165, 1.54) is 4.90 Å². The van der Waals surface area contributed by atoms with Crippen LogP contribution in [0.15, 0.2) is 0 Å². The fourth-order valence-electron chi connectivity index (χ4n) is 1.81. The van der Waals surface area contributed by atoms with Crippen LogP contribution in [-0.4, -0.2) is 59.5 Å². The summed E-state index contributed by atoms with van der Waals surface area (Å²) < 4.78 is 0. The van der Waals surface area contributed by atoms with Crippen molar-refractivity contribution in [1.82, 2.24) is 9.80 Å². The Balaban J connectivity index is 2.37. The van der Waals surface area contributed by atoms with Gasteiger partial charge in [-0.05, 0) is 19.3 Å². The molecule has 1 unspecified atom stereocenters. The summed E-state index contributed by atoms with van der Waals surface area (Å²) in [5.41, 5.74) is 0. The van der Waals surface area contributed by atoms with E-state index in [-0.39, 0.29) is 24.9 Å². The van der Waals surface area contributed by atoms with Gasteiger partial charge in [0.15, 0.2) is 0 Å². The molecule has 17 heavy (non-hydrogen) atoms. The number of rotatable bonds is 4. The van der Waals surface area contributed by atoms with E-state index < -0.39 is 6.10 Å². The lowest BCUT2D eigenvalue weighted by Gasteiger charge is -2.23. The van der Waals surface area contributed by atoms with Crippen molar-refractivity contribution < 1.29 is 14.7 Å². The maximum absolute atomic E-state index is 11.3. The van der Waals surface area contributed by atoms with E-state index in [1.54, 1.807) is 18.9 Å². The van der Waals surface area contributed by atoms with Crippen molar-refractivity contribution in [2.24, 2.45) is 0 Å². The molecular weight excluding hydrogens is 220 g/mol. The van der Waals surface area contributed by atoms with Crippen molar-refractivity contribution in [2.45, 2.75) is 25.9 Å². The van der Waals surface area contributed by atoms with E-state index in [1.807, 2.05) is 0 Å². The lowest BCUT2D eigenvalue weighted by atomic mass is 10.3. The fraction of sp³-hybridized carbons (Fsp3) is 0.667. The van der Waals surface area contributed by atoms with Gasteiger partial charge in [0.25, 0.3) is 5.91 Å². The third kappa shape index (κ3) is 4.08. The van der Waals surface area contributed by atoms with Gasteiger partial charge in [0.05, 0.1) is 6.10 Å². The van der Waals surface area contributed by atoms with Gasteiger partial charge in [-0.2, -0.15) is 0 Å². The van der Waals surface area contributed by atoms with Crippen LogP contribution >= 0.6 is 0 Å². The zero-order chi connectivity index (χ0) is 12.8. The Morgan fingerprint density at radius 2 is 2.35 bits per heavy atom. The lowest BCUT2D eigenvalue weighted by molar-refractivity contribution is -0.129. The average molecular weight is 238 g/mol. The van der Waals surface area contributed by atoms with Crippen molar-refractivity contribution in [3.05, 3.63) is 0 Å². The molecule has 0 aromatic carbocycles. The fourth-order valence-corrected chi connectivity index (χ4v) is 1.81. The molecule has 1 N–H and O–H groups in total. The van der Waals surface area contributed by atoms with Gasteiger partial charge in [-0.25, -0.2) is 0 Å². The average Bonchev–Trinajstić information content (AvgIpc) is 2.64. The van der Waals surface area contributed by atoms with Gasteiger partial charge in [-0.1, -0.05) is 5.92 Å². The number of β-amino-alcohol motifs (C(OH)–C–C–N with tert-alkyl or cyclic N) is 1. The Hall–Kier alpha value is -1.54. The van der Waals surface area contributed by atoms with Gasteiger partial charge in [-0.15, -0.1) is 0 Å². The van der Waals surface area contributed by atoms with Crippen LogP contribution in [0.25, 0.3) is 0 Å². The number of carbonyl (C=O) groups is 2. The molecule has 94 valence electrons. The number of aliphatic hydroxyl groups excluding tert-OH is 1. The first kappa shape index (κ1) is 13.5. The van der Waals surface area contributed by atoms with E-state index >= 15 is 0 Å². The molecule has 1 rings (SSSR count). The summed E-state index contributed by atoms with van der Waals surface area (Å²) in [5, 5.41) is 9.78. The molecule has 1 fully saturated rings. The molecule has 0 radical (unpaired) electrons. The molecule has 0 saturated carbocycles. The number of amides is 2. The minimum absolute atomic E-state index is 0.0754. The Morgan fingerprint density at radius 1 is 1.65 bits per heavy atom.